The Kier molecular flexibility index (Phi) is 2.86. The van der Waals surface area contributed by atoms with Crippen LogP contribution in [0, 0.1) is 11.6 Å². The van der Waals surface area contributed by atoms with E-state index >= 15 is 0 Å². The van der Waals surface area contributed by atoms with Crippen molar-refractivity contribution in [2.45, 2.75) is 26.2 Å². The van der Waals surface area contributed by atoms with Crippen LogP contribution in [0.3, 0.4) is 0 Å². The first-order valence-electron chi connectivity index (χ1n) is 5.58. The van der Waals surface area contributed by atoms with Crippen molar-refractivity contribution in [1.82, 2.24) is 0 Å². The van der Waals surface area contributed by atoms with Gasteiger partial charge in [0.05, 0.1) is 6.54 Å². The summed E-state index contributed by atoms with van der Waals surface area (Å²) in [5, 5.41) is 0. The van der Waals surface area contributed by atoms with Gasteiger partial charge < -0.3 is 0 Å². The highest BCUT2D eigenvalue weighted by Crippen LogP contribution is 2.30. The number of benzene rings is 1. The third-order valence-corrected chi connectivity index (χ3v) is 2.85. The Morgan fingerprint density at radius 2 is 1.82 bits per heavy atom. The summed E-state index contributed by atoms with van der Waals surface area (Å²) >= 11 is 0. The first-order chi connectivity index (χ1) is 7.89. The van der Waals surface area contributed by atoms with Crippen molar-refractivity contribution in [1.29, 1.82) is 0 Å². The molecule has 17 heavy (non-hydrogen) atoms. The molecule has 0 bridgehead atoms. The molecule has 0 fully saturated rings. The lowest BCUT2D eigenvalue weighted by atomic mass is 9.85. The Labute approximate surface area is 99.9 Å². The third kappa shape index (κ3) is 2.28. The quantitative estimate of drug-likeness (QED) is 0.703. The zero-order valence-electron chi connectivity index (χ0n) is 10.2. The van der Waals surface area contributed by atoms with E-state index in [-0.39, 0.29) is 11.6 Å². The van der Waals surface area contributed by atoms with E-state index in [0.717, 1.165) is 5.57 Å². The van der Waals surface area contributed by atoms with Gasteiger partial charge in [0.2, 0.25) is 0 Å². The van der Waals surface area contributed by atoms with Crippen LogP contribution in [0.4, 0.5) is 8.78 Å². The highest BCUT2D eigenvalue weighted by molar-refractivity contribution is 5.89. The molecule has 0 saturated heterocycles. The first kappa shape index (κ1) is 12.0. The maximum atomic E-state index is 13.9. The second-order valence-electron chi connectivity index (χ2n) is 5.24. The minimum absolute atomic E-state index is 0.313. The van der Waals surface area contributed by atoms with Crippen LogP contribution in [0.25, 0.3) is 5.57 Å². The van der Waals surface area contributed by atoms with Crippen molar-refractivity contribution in [3.8, 4) is 0 Å². The Bertz CT molecular complexity index is 508. The number of nitrogens with zero attached hydrogens (tertiary/aromatic N) is 1. The molecule has 1 aromatic rings. The normalized spacial score (nSPS) is 15.2. The summed E-state index contributed by atoms with van der Waals surface area (Å²) in [6, 6.07) is 2.57. The van der Waals surface area contributed by atoms with Crippen LogP contribution in [0.2, 0.25) is 0 Å². The van der Waals surface area contributed by atoms with Gasteiger partial charge in [-0.05, 0) is 34.8 Å². The summed E-state index contributed by atoms with van der Waals surface area (Å²) < 4.78 is 27.9. The van der Waals surface area contributed by atoms with E-state index < -0.39 is 5.41 Å². The van der Waals surface area contributed by atoms with Crippen LogP contribution in [0.15, 0.2) is 23.2 Å². The van der Waals surface area contributed by atoms with Crippen molar-refractivity contribution in [3.63, 3.8) is 0 Å². The zero-order valence-corrected chi connectivity index (χ0v) is 10.2. The largest absolute Gasteiger partial charge is 0.288 e. The smallest absolute Gasteiger partial charge is 0.131 e. The summed E-state index contributed by atoms with van der Waals surface area (Å²) in [6.45, 7) is 6.01. The van der Waals surface area contributed by atoms with Crippen molar-refractivity contribution in [3.05, 3.63) is 41.0 Å². The van der Waals surface area contributed by atoms with E-state index in [0.29, 0.717) is 17.7 Å². The van der Waals surface area contributed by atoms with E-state index in [1.807, 2.05) is 20.8 Å². The Balaban J connectivity index is 2.49. The number of rotatable bonds is 1. The van der Waals surface area contributed by atoms with Gasteiger partial charge in [-0.2, -0.15) is 0 Å². The minimum atomic E-state index is -0.399. The summed E-state index contributed by atoms with van der Waals surface area (Å²) in [6.07, 6.45) is 3.33. The SMILES string of the molecule is CC(C)(C)c1cc(F)c(C2=CC=NC2)cc1F. The van der Waals surface area contributed by atoms with Crippen molar-refractivity contribution in [2.75, 3.05) is 6.54 Å². The molecule has 0 aromatic heterocycles. The van der Waals surface area contributed by atoms with Gasteiger partial charge in [-0.1, -0.05) is 20.8 Å². The lowest BCUT2D eigenvalue weighted by molar-refractivity contribution is 0.510. The summed E-state index contributed by atoms with van der Waals surface area (Å²) in [5.74, 6) is -0.741. The molecule has 1 aliphatic heterocycles. The average Bonchev–Trinajstić information content (AvgIpc) is 2.72. The predicted molar refractivity (Wildman–Crippen MR) is 66.4 cm³/mol. The van der Waals surface area contributed by atoms with E-state index in [9.17, 15) is 8.78 Å². The van der Waals surface area contributed by atoms with E-state index in [4.69, 9.17) is 0 Å². The van der Waals surface area contributed by atoms with Gasteiger partial charge in [-0.3, -0.25) is 4.99 Å². The number of halogens is 2. The molecule has 0 atom stereocenters. The molecule has 3 heteroatoms. The average molecular weight is 235 g/mol. The van der Waals surface area contributed by atoms with Crippen LogP contribution in [0.5, 0.6) is 0 Å². The molecular weight excluding hydrogens is 220 g/mol. The topological polar surface area (TPSA) is 12.4 Å². The molecule has 2 rings (SSSR count). The molecule has 0 aliphatic carbocycles. The molecule has 1 aliphatic rings. The molecule has 0 unspecified atom stereocenters. The zero-order chi connectivity index (χ0) is 12.6. The van der Waals surface area contributed by atoms with E-state index in [1.165, 1.54) is 12.1 Å². The summed E-state index contributed by atoms with van der Waals surface area (Å²) in [5.41, 5.74) is 1.04. The van der Waals surface area contributed by atoms with Crippen LogP contribution in [-0.4, -0.2) is 12.8 Å². The fourth-order valence-electron chi connectivity index (χ4n) is 1.89. The van der Waals surface area contributed by atoms with E-state index in [1.54, 1.807) is 12.3 Å². The van der Waals surface area contributed by atoms with Gasteiger partial charge >= 0.3 is 0 Å². The first-order valence-corrected chi connectivity index (χ1v) is 5.58. The number of hydrogen-bond acceptors (Lipinski definition) is 1. The molecule has 0 saturated carbocycles. The highest BCUT2D eigenvalue weighted by Gasteiger charge is 2.22. The molecule has 1 nitrogen and oxygen atoms in total. The van der Waals surface area contributed by atoms with Crippen LogP contribution >= 0.6 is 0 Å². The second kappa shape index (κ2) is 4.06. The highest BCUT2D eigenvalue weighted by atomic mass is 19.1. The molecule has 0 spiro atoms. The summed E-state index contributed by atoms with van der Waals surface area (Å²) in [7, 11) is 0. The van der Waals surface area contributed by atoms with Gasteiger partial charge in [-0.15, -0.1) is 0 Å². The van der Waals surface area contributed by atoms with Gasteiger partial charge in [0.1, 0.15) is 11.6 Å². The second-order valence-corrected chi connectivity index (χ2v) is 5.24. The Morgan fingerprint density at radius 1 is 1.12 bits per heavy atom. The summed E-state index contributed by atoms with van der Waals surface area (Å²) in [4.78, 5) is 3.98. The van der Waals surface area contributed by atoms with Gasteiger partial charge in [-0.25, -0.2) is 8.78 Å². The molecule has 0 radical (unpaired) electrons. The molecular formula is C14H15F2N. The molecule has 0 amide bonds. The molecule has 1 aromatic carbocycles. The number of aliphatic imine (C=N–C) groups is 1. The van der Waals surface area contributed by atoms with Crippen LogP contribution in [0.1, 0.15) is 31.9 Å². The molecule has 0 N–H and O–H groups in total. The minimum Gasteiger partial charge on any atom is -0.288 e. The van der Waals surface area contributed by atoms with Gasteiger partial charge in [0.15, 0.2) is 0 Å². The predicted octanol–water partition coefficient (Wildman–Crippen LogP) is 3.73. The van der Waals surface area contributed by atoms with Crippen molar-refractivity contribution < 1.29 is 8.78 Å². The monoisotopic (exact) mass is 235 g/mol. The Morgan fingerprint density at radius 3 is 2.35 bits per heavy atom. The lowest BCUT2D eigenvalue weighted by Gasteiger charge is -2.20. The number of allylic oxidation sites excluding steroid dienone is 1. The maximum Gasteiger partial charge on any atom is 0.131 e. The Hall–Kier alpha value is -1.51. The van der Waals surface area contributed by atoms with Crippen LogP contribution < -0.4 is 0 Å². The maximum absolute atomic E-state index is 13.9. The number of hydrogen-bond donors (Lipinski definition) is 0. The molecule has 90 valence electrons. The van der Waals surface area contributed by atoms with Gasteiger partial charge in [0.25, 0.3) is 0 Å². The van der Waals surface area contributed by atoms with Crippen LogP contribution in [-0.2, 0) is 5.41 Å². The van der Waals surface area contributed by atoms with Crippen molar-refractivity contribution >= 4 is 11.8 Å². The van der Waals surface area contributed by atoms with Gasteiger partial charge in [0, 0.05) is 11.8 Å². The van der Waals surface area contributed by atoms with E-state index in [2.05, 4.69) is 4.99 Å². The fourth-order valence-corrected chi connectivity index (χ4v) is 1.89. The lowest BCUT2D eigenvalue weighted by Crippen LogP contribution is -2.14. The third-order valence-electron chi connectivity index (χ3n) is 2.85. The molecule has 1 heterocycles. The van der Waals surface area contributed by atoms with Crippen molar-refractivity contribution in [2.24, 2.45) is 4.99 Å². The fraction of sp³-hybridized carbons (Fsp3) is 0.357. The standard InChI is InChI=1S/C14H15F2N/c1-14(2,3)11-7-12(15)10(6-13(11)16)9-4-5-17-8-9/h4-7H,8H2,1-3H3.